The number of hydrogen-bond donors (Lipinski definition) is 0. The molecule has 26 heavy (non-hydrogen) atoms. The molecule has 0 aliphatic rings. The molecule has 0 radical (unpaired) electrons. The summed E-state index contributed by atoms with van der Waals surface area (Å²) < 4.78 is 46.2. The minimum Gasteiger partial charge on any atom is -0.726 e. The van der Waals surface area contributed by atoms with Gasteiger partial charge in [-0.05, 0) is 12.3 Å². The monoisotopic (exact) mass is 402 g/mol. The molecule has 1 unspecified atom stereocenters. The van der Waals surface area contributed by atoms with E-state index in [-0.39, 0.29) is 48.9 Å². The van der Waals surface area contributed by atoms with Crippen LogP contribution < -0.4 is 29.6 Å². The van der Waals surface area contributed by atoms with Crippen molar-refractivity contribution in [2.75, 3.05) is 26.4 Å². The Morgan fingerprint density at radius 3 is 2.12 bits per heavy atom. The molecule has 0 aromatic rings. The van der Waals surface area contributed by atoms with Gasteiger partial charge < -0.3 is 14.0 Å². The molecule has 0 aliphatic heterocycles. The van der Waals surface area contributed by atoms with E-state index >= 15 is 0 Å². The molecule has 0 N–H and O–H groups in total. The molecule has 0 aromatic carbocycles. The van der Waals surface area contributed by atoms with E-state index in [1.54, 1.807) is 6.08 Å². The number of rotatable bonds is 18. The molecule has 0 amide bonds. The maximum atomic E-state index is 10.4. The average Bonchev–Trinajstić information content (AvgIpc) is 2.52. The Bertz CT molecular complexity index is 414. The minimum atomic E-state index is -4.66. The van der Waals surface area contributed by atoms with Gasteiger partial charge in [-0.25, -0.2) is 8.42 Å². The first-order chi connectivity index (χ1) is 11.8. The van der Waals surface area contributed by atoms with Crippen LogP contribution in [0.2, 0.25) is 0 Å². The summed E-state index contributed by atoms with van der Waals surface area (Å²) in [5.74, 6) is 0.786. The zero-order valence-corrected chi connectivity index (χ0v) is 19.6. The molecule has 8 heteroatoms. The fraction of sp³-hybridized carbons (Fsp3) is 0.889. The van der Waals surface area contributed by atoms with E-state index in [2.05, 4.69) is 24.6 Å². The van der Waals surface area contributed by atoms with Gasteiger partial charge in [0.25, 0.3) is 0 Å². The normalized spacial score (nSPS) is 12.8. The van der Waals surface area contributed by atoms with Crippen molar-refractivity contribution in [3.8, 4) is 0 Å². The Hall–Kier alpha value is 0.530. The first-order valence-corrected chi connectivity index (χ1v) is 10.6. The van der Waals surface area contributed by atoms with Crippen LogP contribution >= 0.6 is 0 Å². The van der Waals surface area contributed by atoms with E-state index in [1.165, 1.54) is 32.1 Å². The molecule has 1 atom stereocenters. The summed E-state index contributed by atoms with van der Waals surface area (Å²) in [6.45, 7) is 8.76. The Morgan fingerprint density at radius 1 is 1.00 bits per heavy atom. The summed E-state index contributed by atoms with van der Waals surface area (Å²) in [4.78, 5) is 0. The van der Waals surface area contributed by atoms with E-state index < -0.39 is 10.4 Å². The summed E-state index contributed by atoms with van der Waals surface area (Å²) in [5.41, 5.74) is 0. The van der Waals surface area contributed by atoms with Crippen LogP contribution in [0, 0.1) is 5.92 Å². The summed E-state index contributed by atoms with van der Waals surface area (Å²) in [7, 11) is -4.66. The van der Waals surface area contributed by atoms with Crippen LogP contribution in [0.1, 0.15) is 65.2 Å². The molecule has 0 saturated carbocycles. The molecule has 6 nitrogen and oxygen atoms in total. The van der Waals surface area contributed by atoms with Crippen molar-refractivity contribution < 1.29 is 56.2 Å². The van der Waals surface area contributed by atoms with Gasteiger partial charge in [0.2, 0.25) is 10.4 Å². The van der Waals surface area contributed by atoms with Crippen LogP contribution in [-0.2, 0) is 24.1 Å². The van der Waals surface area contributed by atoms with Crippen LogP contribution in [-0.4, -0.2) is 45.5 Å². The van der Waals surface area contributed by atoms with Gasteiger partial charge >= 0.3 is 29.6 Å². The molecule has 0 aliphatic carbocycles. The minimum absolute atomic E-state index is 0. The van der Waals surface area contributed by atoms with Crippen molar-refractivity contribution in [2.45, 2.75) is 71.3 Å². The molecule has 0 aromatic heterocycles. The second-order valence-corrected chi connectivity index (χ2v) is 7.69. The molecular formula is C18H35NaO6S. The van der Waals surface area contributed by atoms with Crippen molar-refractivity contribution in [3.63, 3.8) is 0 Å². The van der Waals surface area contributed by atoms with Gasteiger partial charge in [0.15, 0.2) is 0 Å². The first kappa shape index (κ1) is 28.7. The van der Waals surface area contributed by atoms with E-state index in [4.69, 9.17) is 9.47 Å². The van der Waals surface area contributed by atoms with Crippen molar-refractivity contribution in [1.29, 1.82) is 0 Å². The third-order valence-electron chi connectivity index (χ3n) is 3.76. The van der Waals surface area contributed by atoms with Gasteiger partial charge in [0, 0.05) is 0 Å². The summed E-state index contributed by atoms with van der Waals surface area (Å²) in [5, 5.41) is 0. The van der Waals surface area contributed by atoms with E-state index in [0.717, 1.165) is 25.2 Å². The predicted molar refractivity (Wildman–Crippen MR) is 98.2 cm³/mol. The Morgan fingerprint density at radius 2 is 1.58 bits per heavy atom. The molecule has 0 bridgehead atoms. The average molecular weight is 403 g/mol. The van der Waals surface area contributed by atoms with E-state index in [1.807, 2.05) is 0 Å². The third-order valence-corrected chi connectivity index (χ3v) is 4.22. The fourth-order valence-corrected chi connectivity index (χ4v) is 2.75. The molecular weight excluding hydrogens is 367 g/mol. The number of ether oxygens (including phenoxy) is 2. The molecule has 0 fully saturated rings. The fourth-order valence-electron chi connectivity index (χ4n) is 2.48. The quantitative estimate of drug-likeness (QED) is 0.111. The van der Waals surface area contributed by atoms with Gasteiger partial charge in [0.05, 0.1) is 32.5 Å². The topological polar surface area (TPSA) is 84.9 Å². The molecule has 0 rings (SSSR count). The standard InChI is InChI=1S/C18H36O6S.Na/c1-4-13-22-16-18(23-14-15-24-25(19,20)21)12-10-8-6-5-7-9-11-17(2)3;/h4,17-18H,1,5-16H2,2-3H3,(H,19,20,21);/q;+1/p-1. The van der Waals surface area contributed by atoms with Crippen molar-refractivity contribution in [2.24, 2.45) is 5.92 Å². The Kier molecular flexibility index (Phi) is 20.9. The summed E-state index contributed by atoms with van der Waals surface area (Å²) in [6.07, 6.45) is 11.0. The predicted octanol–water partition coefficient (Wildman–Crippen LogP) is 0.832. The van der Waals surface area contributed by atoms with Gasteiger partial charge in [0.1, 0.15) is 0 Å². The summed E-state index contributed by atoms with van der Waals surface area (Å²) in [6, 6.07) is 0. The Labute approximate surface area is 182 Å². The smallest absolute Gasteiger partial charge is 0.726 e. The maximum Gasteiger partial charge on any atom is 1.00 e. The summed E-state index contributed by atoms with van der Waals surface area (Å²) >= 11 is 0. The van der Waals surface area contributed by atoms with Gasteiger partial charge in [-0.3, -0.25) is 4.18 Å². The van der Waals surface area contributed by atoms with Crippen molar-refractivity contribution >= 4 is 10.4 Å². The maximum absolute atomic E-state index is 10.4. The van der Waals surface area contributed by atoms with Crippen LogP contribution in [0.15, 0.2) is 12.7 Å². The molecule has 150 valence electrons. The van der Waals surface area contributed by atoms with Gasteiger partial charge in [-0.15, -0.1) is 6.58 Å². The van der Waals surface area contributed by atoms with E-state index in [9.17, 15) is 13.0 Å². The molecule has 0 spiro atoms. The van der Waals surface area contributed by atoms with Crippen LogP contribution in [0.5, 0.6) is 0 Å². The Balaban J connectivity index is 0. The van der Waals surface area contributed by atoms with Crippen LogP contribution in [0.3, 0.4) is 0 Å². The zero-order chi connectivity index (χ0) is 19.0. The zero-order valence-electron chi connectivity index (χ0n) is 16.8. The van der Waals surface area contributed by atoms with Crippen molar-refractivity contribution in [3.05, 3.63) is 12.7 Å². The largest absolute Gasteiger partial charge is 1.00 e. The van der Waals surface area contributed by atoms with E-state index in [0.29, 0.717) is 13.2 Å². The SMILES string of the molecule is C=CCOCC(CCCCCCCCC(C)C)OCCOS(=O)(=O)[O-].[Na+]. The van der Waals surface area contributed by atoms with Crippen LogP contribution in [0.25, 0.3) is 0 Å². The molecule has 0 heterocycles. The van der Waals surface area contributed by atoms with Crippen molar-refractivity contribution in [1.82, 2.24) is 0 Å². The third kappa shape index (κ3) is 22.6. The second kappa shape index (κ2) is 18.9. The van der Waals surface area contributed by atoms with Gasteiger partial charge in [-0.2, -0.15) is 0 Å². The number of unbranched alkanes of at least 4 members (excludes halogenated alkanes) is 5. The van der Waals surface area contributed by atoms with Crippen LogP contribution in [0.4, 0.5) is 0 Å². The first-order valence-electron chi connectivity index (χ1n) is 9.25. The number of hydrogen-bond acceptors (Lipinski definition) is 6. The van der Waals surface area contributed by atoms with Gasteiger partial charge in [-0.1, -0.05) is 64.9 Å². The second-order valence-electron chi connectivity index (χ2n) is 6.64. The molecule has 0 saturated heterocycles.